The summed E-state index contributed by atoms with van der Waals surface area (Å²) in [5, 5.41) is 3.05. The maximum absolute atomic E-state index is 13.1. The number of anilines is 2. The van der Waals surface area contributed by atoms with Gasteiger partial charge in [-0.05, 0) is 24.1 Å². The minimum absolute atomic E-state index is 0.271. The van der Waals surface area contributed by atoms with E-state index in [-0.39, 0.29) is 5.82 Å². The van der Waals surface area contributed by atoms with E-state index < -0.39 is 0 Å². The van der Waals surface area contributed by atoms with Gasteiger partial charge in [0.05, 0.1) is 6.61 Å². The Labute approximate surface area is 117 Å². The maximum Gasteiger partial charge on any atom is 0.242 e. The zero-order valence-corrected chi connectivity index (χ0v) is 11.3. The first-order chi connectivity index (χ1) is 9.70. The maximum atomic E-state index is 13.1. The molecule has 0 bridgehead atoms. The third kappa shape index (κ3) is 3.57. The first-order valence-corrected chi connectivity index (χ1v) is 6.42. The van der Waals surface area contributed by atoms with E-state index in [0.29, 0.717) is 30.5 Å². The van der Waals surface area contributed by atoms with E-state index in [9.17, 15) is 4.39 Å². The third-order valence-corrected chi connectivity index (χ3v) is 2.64. The lowest BCUT2D eigenvalue weighted by Gasteiger charge is -2.11. The van der Waals surface area contributed by atoms with Crippen LogP contribution in [0.3, 0.4) is 0 Å². The molecule has 0 unspecified atom stereocenters. The molecular weight excluding hydrogens is 259 g/mol. The molecule has 6 heteroatoms. The number of nitrogens with one attached hydrogen (secondary N) is 1. The average Bonchev–Trinajstić information content (AvgIpc) is 2.45. The molecule has 2 rings (SSSR count). The highest BCUT2D eigenvalue weighted by atomic mass is 19.1. The van der Waals surface area contributed by atoms with Crippen molar-refractivity contribution in [2.45, 2.75) is 19.9 Å². The fraction of sp³-hybridized carbons (Fsp3) is 0.286. The molecule has 20 heavy (non-hydrogen) atoms. The second-order valence-corrected chi connectivity index (χ2v) is 4.27. The van der Waals surface area contributed by atoms with E-state index in [4.69, 9.17) is 10.5 Å². The molecule has 0 aliphatic heterocycles. The number of hydrogen-bond acceptors (Lipinski definition) is 5. The lowest BCUT2D eigenvalue weighted by Crippen LogP contribution is -2.08. The summed E-state index contributed by atoms with van der Waals surface area (Å²) in [6, 6.07) is 6.34. The molecule has 0 aliphatic carbocycles. The number of hydrogen-bond donors (Lipinski definition) is 2. The molecule has 0 saturated heterocycles. The molecule has 0 spiro atoms. The van der Waals surface area contributed by atoms with Crippen LogP contribution in [0.5, 0.6) is 5.88 Å². The van der Waals surface area contributed by atoms with E-state index >= 15 is 0 Å². The highest BCUT2D eigenvalue weighted by Gasteiger charge is 2.08. The summed E-state index contributed by atoms with van der Waals surface area (Å²) < 4.78 is 18.5. The van der Waals surface area contributed by atoms with Crippen LogP contribution in [-0.2, 0) is 6.54 Å². The van der Waals surface area contributed by atoms with E-state index in [1.165, 1.54) is 18.5 Å². The molecule has 5 nitrogen and oxygen atoms in total. The van der Waals surface area contributed by atoms with Gasteiger partial charge in [0.25, 0.3) is 0 Å². The molecule has 1 heterocycles. The van der Waals surface area contributed by atoms with Crippen LogP contribution in [0.15, 0.2) is 30.6 Å². The Morgan fingerprint density at radius 2 is 2.20 bits per heavy atom. The summed E-state index contributed by atoms with van der Waals surface area (Å²) in [4.78, 5) is 8.05. The quantitative estimate of drug-likeness (QED) is 0.848. The first-order valence-electron chi connectivity index (χ1n) is 6.42. The fourth-order valence-electron chi connectivity index (χ4n) is 1.67. The van der Waals surface area contributed by atoms with Gasteiger partial charge in [0.2, 0.25) is 5.88 Å². The summed E-state index contributed by atoms with van der Waals surface area (Å²) in [7, 11) is 0. The Bertz CT molecular complexity index is 577. The van der Waals surface area contributed by atoms with Crippen molar-refractivity contribution in [1.29, 1.82) is 0 Å². The number of ether oxygens (including phenoxy) is 1. The molecule has 0 saturated carbocycles. The Morgan fingerprint density at radius 1 is 1.35 bits per heavy atom. The van der Waals surface area contributed by atoms with Crippen LogP contribution in [0.2, 0.25) is 0 Å². The SMILES string of the molecule is CCCOc1ncnc(NCc2cccc(F)c2)c1N. The number of aromatic nitrogens is 2. The van der Waals surface area contributed by atoms with Crippen molar-refractivity contribution in [2.24, 2.45) is 0 Å². The van der Waals surface area contributed by atoms with Crippen molar-refractivity contribution in [3.63, 3.8) is 0 Å². The highest BCUT2D eigenvalue weighted by Crippen LogP contribution is 2.25. The van der Waals surface area contributed by atoms with Crippen LogP contribution < -0.4 is 15.8 Å². The van der Waals surface area contributed by atoms with Gasteiger partial charge in [-0.1, -0.05) is 19.1 Å². The lowest BCUT2D eigenvalue weighted by molar-refractivity contribution is 0.306. The van der Waals surface area contributed by atoms with Gasteiger partial charge >= 0.3 is 0 Å². The zero-order valence-electron chi connectivity index (χ0n) is 11.3. The number of nitrogen functional groups attached to an aromatic ring is 1. The second-order valence-electron chi connectivity index (χ2n) is 4.27. The van der Waals surface area contributed by atoms with E-state index in [1.807, 2.05) is 13.0 Å². The van der Waals surface area contributed by atoms with Crippen LogP contribution in [0, 0.1) is 5.82 Å². The van der Waals surface area contributed by atoms with Crippen LogP contribution in [-0.4, -0.2) is 16.6 Å². The predicted molar refractivity (Wildman–Crippen MR) is 76.0 cm³/mol. The van der Waals surface area contributed by atoms with Crippen molar-refractivity contribution in [1.82, 2.24) is 9.97 Å². The average molecular weight is 276 g/mol. The minimum Gasteiger partial charge on any atom is -0.476 e. The van der Waals surface area contributed by atoms with Crippen molar-refractivity contribution < 1.29 is 9.13 Å². The zero-order chi connectivity index (χ0) is 14.4. The van der Waals surface area contributed by atoms with Gasteiger partial charge in [0.15, 0.2) is 5.82 Å². The summed E-state index contributed by atoms with van der Waals surface area (Å²) >= 11 is 0. The van der Waals surface area contributed by atoms with E-state index in [1.54, 1.807) is 6.07 Å². The number of nitrogens with two attached hydrogens (primary N) is 1. The number of nitrogens with zero attached hydrogens (tertiary/aromatic N) is 2. The van der Waals surface area contributed by atoms with Crippen molar-refractivity contribution in [3.05, 3.63) is 42.0 Å². The predicted octanol–water partition coefficient (Wildman–Crippen LogP) is 2.60. The Kier molecular flexibility index (Phi) is 4.70. The molecule has 1 aromatic carbocycles. The van der Waals surface area contributed by atoms with Gasteiger partial charge in [-0.2, -0.15) is 4.98 Å². The van der Waals surface area contributed by atoms with E-state index in [2.05, 4.69) is 15.3 Å². The van der Waals surface area contributed by atoms with Crippen molar-refractivity contribution in [2.75, 3.05) is 17.7 Å². The molecule has 2 aromatic rings. The highest BCUT2D eigenvalue weighted by molar-refractivity contribution is 5.66. The topological polar surface area (TPSA) is 73.1 Å². The van der Waals surface area contributed by atoms with Gasteiger partial charge in [-0.3, -0.25) is 0 Å². The number of benzene rings is 1. The largest absolute Gasteiger partial charge is 0.476 e. The van der Waals surface area contributed by atoms with E-state index in [0.717, 1.165) is 12.0 Å². The standard InChI is InChI=1S/C14H17FN4O/c1-2-6-20-14-12(16)13(18-9-19-14)17-8-10-4-3-5-11(15)7-10/h3-5,7,9H,2,6,8,16H2,1H3,(H,17,18,19). The Hall–Kier alpha value is -2.37. The Balaban J connectivity index is 2.06. The Morgan fingerprint density at radius 3 is 2.95 bits per heavy atom. The minimum atomic E-state index is -0.271. The summed E-state index contributed by atoms with van der Waals surface area (Å²) in [6.07, 6.45) is 2.25. The lowest BCUT2D eigenvalue weighted by atomic mass is 10.2. The normalized spacial score (nSPS) is 10.3. The van der Waals surface area contributed by atoms with Gasteiger partial charge in [-0.15, -0.1) is 0 Å². The molecule has 3 N–H and O–H groups in total. The number of halogens is 1. The second kappa shape index (κ2) is 6.70. The third-order valence-electron chi connectivity index (χ3n) is 2.64. The first kappa shape index (κ1) is 14.0. The van der Waals surface area contributed by atoms with Gasteiger partial charge in [0.1, 0.15) is 17.8 Å². The molecule has 0 radical (unpaired) electrons. The van der Waals surface area contributed by atoms with Crippen LogP contribution >= 0.6 is 0 Å². The fourth-order valence-corrected chi connectivity index (χ4v) is 1.67. The molecule has 106 valence electrons. The van der Waals surface area contributed by atoms with Crippen molar-refractivity contribution >= 4 is 11.5 Å². The summed E-state index contributed by atoms with van der Waals surface area (Å²) in [6.45, 7) is 2.97. The molecule has 0 amide bonds. The van der Waals surface area contributed by atoms with Crippen molar-refractivity contribution in [3.8, 4) is 5.88 Å². The summed E-state index contributed by atoms with van der Waals surface area (Å²) in [5.74, 6) is 0.575. The molecule has 0 atom stereocenters. The van der Waals surface area contributed by atoms with Gasteiger partial charge in [-0.25, -0.2) is 9.37 Å². The van der Waals surface area contributed by atoms with Crippen LogP contribution in [0.1, 0.15) is 18.9 Å². The van der Waals surface area contributed by atoms with Crippen LogP contribution in [0.25, 0.3) is 0 Å². The van der Waals surface area contributed by atoms with Gasteiger partial charge < -0.3 is 15.8 Å². The monoisotopic (exact) mass is 276 g/mol. The van der Waals surface area contributed by atoms with Gasteiger partial charge in [0, 0.05) is 6.54 Å². The number of rotatable bonds is 6. The molecule has 0 fully saturated rings. The summed E-state index contributed by atoms with van der Waals surface area (Å²) in [5.41, 5.74) is 7.09. The van der Waals surface area contributed by atoms with Crippen LogP contribution in [0.4, 0.5) is 15.9 Å². The molecular formula is C14H17FN4O. The molecule has 1 aromatic heterocycles. The molecule has 0 aliphatic rings. The smallest absolute Gasteiger partial charge is 0.242 e.